The van der Waals surface area contributed by atoms with Crippen LogP contribution in [0.3, 0.4) is 0 Å². The molecule has 0 unspecified atom stereocenters. The summed E-state index contributed by atoms with van der Waals surface area (Å²) in [4.78, 5) is 14.3. The van der Waals surface area contributed by atoms with Crippen LogP contribution in [0.25, 0.3) is 0 Å². The zero-order chi connectivity index (χ0) is 15.2. The Morgan fingerprint density at radius 3 is 2.71 bits per heavy atom. The van der Waals surface area contributed by atoms with Crippen molar-refractivity contribution in [2.24, 2.45) is 5.73 Å². The van der Waals surface area contributed by atoms with Crippen molar-refractivity contribution in [3.8, 4) is 0 Å². The monoisotopic (exact) mass is 325 g/mol. The van der Waals surface area contributed by atoms with E-state index in [1.807, 2.05) is 11.0 Å². The molecule has 21 heavy (non-hydrogen) atoms. The van der Waals surface area contributed by atoms with Crippen molar-refractivity contribution in [2.45, 2.75) is 25.7 Å². The van der Waals surface area contributed by atoms with Crippen molar-refractivity contribution >= 4 is 40.4 Å². The summed E-state index contributed by atoms with van der Waals surface area (Å²) in [5, 5.41) is 3.81. The van der Waals surface area contributed by atoms with Crippen molar-refractivity contribution in [3.63, 3.8) is 0 Å². The third-order valence-electron chi connectivity index (χ3n) is 3.61. The lowest BCUT2D eigenvalue weighted by Crippen LogP contribution is -2.36. The van der Waals surface area contributed by atoms with Crippen LogP contribution in [-0.2, 0) is 4.79 Å². The van der Waals surface area contributed by atoms with Crippen molar-refractivity contribution in [3.05, 3.63) is 28.8 Å². The van der Waals surface area contributed by atoms with Gasteiger partial charge in [0.05, 0.1) is 0 Å². The molecule has 3 N–H and O–H groups in total. The number of anilines is 1. The van der Waals surface area contributed by atoms with Crippen molar-refractivity contribution in [1.29, 1.82) is 0 Å². The van der Waals surface area contributed by atoms with Crippen molar-refractivity contribution < 1.29 is 4.79 Å². The molecule has 1 aromatic carbocycles. The number of halogens is 1. The van der Waals surface area contributed by atoms with Crippen molar-refractivity contribution in [1.82, 2.24) is 4.90 Å². The third kappa shape index (κ3) is 4.58. The number of amides is 1. The lowest BCUT2D eigenvalue weighted by atomic mass is 10.1. The highest BCUT2D eigenvalue weighted by Gasteiger charge is 2.16. The molecular formula is C15H20ClN3OS. The zero-order valence-electron chi connectivity index (χ0n) is 11.9. The molecule has 0 bridgehead atoms. The number of carbonyl (C=O) groups is 1. The summed E-state index contributed by atoms with van der Waals surface area (Å²) >= 11 is 11.0. The van der Waals surface area contributed by atoms with Crippen LogP contribution in [0.4, 0.5) is 5.69 Å². The number of carbonyl (C=O) groups excluding carboxylic acids is 1. The topological polar surface area (TPSA) is 58.4 Å². The Morgan fingerprint density at radius 2 is 2.05 bits per heavy atom. The number of nitrogens with zero attached hydrogens (tertiary/aromatic N) is 1. The average molecular weight is 326 g/mol. The van der Waals surface area contributed by atoms with Crippen LogP contribution in [0.5, 0.6) is 0 Å². The SMILES string of the molecule is NC(=S)c1cc(Cl)ccc1NCCC(=O)N1CCCCC1. The van der Waals surface area contributed by atoms with Gasteiger partial charge in [-0.05, 0) is 37.5 Å². The van der Waals surface area contributed by atoms with E-state index < -0.39 is 0 Å². The number of hydrogen-bond donors (Lipinski definition) is 2. The van der Waals surface area contributed by atoms with Crippen LogP contribution in [0.2, 0.25) is 5.02 Å². The number of nitrogens with one attached hydrogen (secondary N) is 1. The second-order valence-corrected chi connectivity index (χ2v) is 6.05. The normalized spacial score (nSPS) is 14.8. The Labute approximate surface area is 135 Å². The minimum atomic E-state index is 0.202. The number of nitrogens with two attached hydrogens (primary N) is 1. The van der Waals surface area contributed by atoms with Crippen LogP contribution in [0.1, 0.15) is 31.2 Å². The molecule has 4 nitrogen and oxygen atoms in total. The highest BCUT2D eigenvalue weighted by molar-refractivity contribution is 7.80. The quantitative estimate of drug-likeness (QED) is 0.817. The molecule has 0 saturated carbocycles. The van der Waals surface area contributed by atoms with Gasteiger partial charge in [0.2, 0.25) is 5.91 Å². The lowest BCUT2D eigenvalue weighted by molar-refractivity contribution is -0.131. The van der Waals surface area contributed by atoms with E-state index in [0.717, 1.165) is 31.6 Å². The fourth-order valence-electron chi connectivity index (χ4n) is 2.48. The van der Waals surface area contributed by atoms with E-state index in [4.69, 9.17) is 29.6 Å². The van der Waals surface area contributed by atoms with E-state index in [2.05, 4.69) is 5.32 Å². The van der Waals surface area contributed by atoms with Gasteiger partial charge < -0.3 is 16.0 Å². The van der Waals surface area contributed by atoms with Gasteiger partial charge in [0.15, 0.2) is 0 Å². The Morgan fingerprint density at radius 1 is 1.33 bits per heavy atom. The summed E-state index contributed by atoms with van der Waals surface area (Å²) < 4.78 is 0. The maximum Gasteiger partial charge on any atom is 0.224 e. The Kier molecular flexibility index (Phi) is 5.82. The van der Waals surface area contributed by atoms with E-state index in [-0.39, 0.29) is 5.91 Å². The number of likely N-dealkylation sites (tertiary alicyclic amines) is 1. The van der Waals surface area contributed by atoms with Gasteiger partial charge in [-0.15, -0.1) is 0 Å². The first kappa shape index (κ1) is 16.0. The maximum absolute atomic E-state index is 12.1. The van der Waals surface area contributed by atoms with E-state index in [9.17, 15) is 4.79 Å². The molecule has 2 rings (SSSR count). The van der Waals surface area contributed by atoms with E-state index in [1.54, 1.807) is 12.1 Å². The summed E-state index contributed by atoms with van der Waals surface area (Å²) in [6, 6.07) is 5.35. The first-order chi connectivity index (χ1) is 10.1. The molecule has 1 aromatic rings. The Balaban J connectivity index is 1.88. The Bertz CT molecular complexity index is 530. The summed E-state index contributed by atoms with van der Waals surface area (Å²) in [7, 11) is 0. The number of hydrogen-bond acceptors (Lipinski definition) is 3. The van der Waals surface area contributed by atoms with Crippen LogP contribution >= 0.6 is 23.8 Å². The molecule has 1 aliphatic heterocycles. The zero-order valence-corrected chi connectivity index (χ0v) is 13.5. The minimum Gasteiger partial charge on any atom is -0.389 e. The molecule has 0 aliphatic carbocycles. The summed E-state index contributed by atoms with van der Waals surface area (Å²) in [6.45, 7) is 2.34. The number of thiocarbonyl (C=S) groups is 1. The molecule has 1 amide bonds. The molecule has 0 radical (unpaired) electrons. The van der Waals surface area contributed by atoms with Crippen LogP contribution in [-0.4, -0.2) is 35.4 Å². The third-order valence-corrected chi connectivity index (χ3v) is 4.07. The average Bonchev–Trinajstić information content (AvgIpc) is 2.49. The second-order valence-electron chi connectivity index (χ2n) is 5.17. The molecule has 0 atom stereocenters. The number of piperidine rings is 1. The van der Waals surface area contributed by atoms with Gasteiger partial charge in [-0.2, -0.15) is 0 Å². The molecule has 1 heterocycles. The molecule has 6 heteroatoms. The van der Waals surface area contributed by atoms with E-state index >= 15 is 0 Å². The van der Waals surface area contributed by atoms with Gasteiger partial charge in [0.25, 0.3) is 0 Å². The fourth-order valence-corrected chi connectivity index (χ4v) is 2.82. The second kappa shape index (κ2) is 7.61. The summed E-state index contributed by atoms with van der Waals surface area (Å²) in [5.74, 6) is 0.202. The minimum absolute atomic E-state index is 0.202. The van der Waals surface area contributed by atoms with Gasteiger partial charge in [0.1, 0.15) is 4.99 Å². The fraction of sp³-hybridized carbons (Fsp3) is 0.467. The van der Waals surface area contributed by atoms with E-state index in [0.29, 0.717) is 28.5 Å². The number of rotatable bonds is 5. The van der Waals surface area contributed by atoms with Crippen LogP contribution < -0.4 is 11.1 Å². The molecule has 0 aromatic heterocycles. The molecule has 1 saturated heterocycles. The molecule has 1 aliphatic rings. The molecule has 114 valence electrons. The predicted molar refractivity (Wildman–Crippen MR) is 90.9 cm³/mol. The van der Waals surface area contributed by atoms with Crippen LogP contribution in [0, 0.1) is 0 Å². The maximum atomic E-state index is 12.1. The molecular weight excluding hydrogens is 306 g/mol. The standard InChI is InChI=1S/C15H20ClN3OS/c16-11-4-5-13(12(10-11)15(17)21)18-7-6-14(20)19-8-2-1-3-9-19/h4-5,10,18H,1-3,6-9H2,(H2,17,21). The van der Waals surface area contributed by atoms with Gasteiger partial charge in [-0.1, -0.05) is 23.8 Å². The van der Waals surface area contributed by atoms with Gasteiger partial charge in [-0.3, -0.25) is 4.79 Å². The predicted octanol–water partition coefficient (Wildman–Crippen LogP) is 2.79. The van der Waals surface area contributed by atoms with Gasteiger partial charge in [0, 0.05) is 42.3 Å². The lowest BCUT2D eigenvalue weighted by Gasteiger charge is -2.26. The highest BCUT2D eigenvalue weighted by atomic mass is 35.5. The van der Waals surface area contributed by atoms with Crippen LogP contribution in [0.15, 0.2) is 18.2 Å². The first-order valence-corrected chi connectivity index (χ1v) is 7.97. The summed E-state index contributed by atoms with van der Waals surface area (Å²) in [6.07, 6.45) is 3.92. The number of benzene rings is 1. The largest absolute Gasteiger partial charge is 0.389 e. The van der Waals surface area contributed by atoms with Gasteiger partial charge in [-0.25, -0.2) is 0 Å². The molecule has 1 fully saturated rings. The van der Waals surface area contributed by atoms with E-state index in [1.165, 1.54) is 6.42 Å². The smallest absolute Gasteiger partial charge is 0.224 e. The highest BCUT2D eigenvalue weighted by Crippen LogP contribution is 2.20. The molecule has 0 spiro atoms. The van der Waals surface area contributed by atoms with Gasteiger partial charge >= 0.3 is 0 Å². The van der Waals surface area contributed by atoms with Crippen molar-refractivity contribution in [2.75, 3.05) is 25.0 Å². The first-order valence-electron chi connectivity index (χ1n) is 7.19. The summed E-state index contributed by atoms with van der Waals surface area (Å²) in [5.41, 5.74) is 7.22. The Hall–Kier alpha value is -1.33.